The fourth-order valence-corrected chi connectivity index (χ4v) is 3.03. The topological polar surface area (TPSA) is 20.2 Å². The van der Waals surface area contributed by atoms with Crippen LogP contribution < -0.4 is 0 Å². The number of aliphatic hydroxyl groups is 1. The Kier molecular flexibility index (Phi) is 3.49. The molecule has 1 N–H and O–H groups in total. The normalized spacial score (nSPS) is 26.6. The Hall–Kier alpha value is -0.730. The summed E-state index contributed by atoms with van der Waals surface area (Å²) in [6, 6.07) is 10.3. The highest BCUT2D eigenvalue weighted by Gasteiger charge is 2.25. The molecule has 0 aliphatic heterocycles. The van der Waals surface area contributed by atoms with E-state index in [2.05, 4.69) is 18.7 Å². The monoisotopic (exact) mass is 220 g/mol. The highest BCUT2D eigenvalue weighted by Crippen LogP contribution is 2.35. The minimum atomic E-state index is -0.226. The van der Waals surface area contributed by atoms with Crippen LogP contribution in [-0.2, 0) is 0 Å². The molecule has 0 saturated heterocycles. The summed E-state index contributed by atoms with van der Waals surface area (Å²) in [4.78, 5) is 1.24. The molecular formula is C13H16OS. The third-order valence-corrected chi connectivity index (χ3v) is 4.14. The quantitative estimate of drug-likeness (QED) is 0.772. The van der Waals surface area contributed by atoms with Gasteiger partial charge in [-0.25, -0.2) is 0 Å². The Morgan fingerprint density at radius 1 is 1.27 bits per heavy atom. The van der Waals surface area contributed by atoms with Gasteiger partial charge in [-0.1, -0.05) is 30.4 Å². The van der Waals surface area contributed by atoms with Crippen LogP contribution in [0.1, 0.15) is 19.3 Å². The van der Waals surface area contributed by atoms with Gasteiger partial charge >= 0.3 is 0 Å². The maximum Gasteiger partial charge on any atom is 0.0699 e. The van der Waals surface area contributed by atoms with Gasteiger partial charge in [0.2, 0.25) is 0 Å². The standard InChI is InChI=1S/C13H16OS/c1-10-7-8-13(12(14)9-10)15-11-5-3-2-4-6-11/h2-6,12-14H,1,7-9H2/t12-,13+/m0/s1. The van der Waals surface area contributed by atoms with Gasteiger partial charge in [0.05, 0.1) is 6.10 Å². The lowest BCUT2D eigenvalue weighted by atomic mass is 9.93. The molecule has 1 aromatic carbocycles. The third kappa shape index (κ3) is 2.86. The van der Waals surface area contributed by atoms with Gasteiger partial charge in [0.15, 0.2) is 0 Å². The highest BCUT2D eigenvalue weighted by atomic mass is 32.2. The van der Waals surface area contributed by atoms with Gasteiger partial charge in [0.25, 0.3) is 0 Å². The lowest BCUT2D eigenvalue weighted by Gasteiger charge is -2.28. The Morgan fingerprint density at radius 2 is 2.00 bits per heavy atom. The summed E-state index contributed by atoms with van der Waals surface area (Å²) in [5.74, 6) is 0. The van der Waals surface area contributed by atoms with E-state index < -0.39 is 0 Å². The zero-order chi connectivity index (χ0) is 10.7. The molecule has 0 radical (unpaired) electrons. The van der Waals surface area contributed by atoms with E-state index in [1.807, 2.05) is 18.2 Å². The molecule has 2 rings (SSSR count). The summed E-state index contributed by atoms with van der Waals surface area (Å²) in [7, 11) is 0. The molecule has 2 atom stereocenters. The number of thioether (sulfide) groups is 1. The SMILES string of the molecule is C=C1CC[C@@H](Sc2ccccc2)[C@@H](O)C1. The van der Waals surface area contributed by atoms with E-state index in [0.717, 1.165) is 19.3 Å². The predicted molar refractivity (Wildman–Crippen MR) is 65.1 cm³/mol. The third-order valence-electron chi connectivity index (χ3n) is 2.74. The van der Waals surface area contributed by atoms with E-state index in [4.69, 9.17) is 0 Å². The van der Waals surface area contributed by atoms with Crippen molar-refractivity contribution in [2.75, 3.05) is 0 Å². The zero-order valence-corrected chi connectivity index (χ0v) is 9.54. The van der Waals surface area contributed by atoms with Crippen LogP contribution in [-0.4, -0.2) is 16.5 Å². The van der Waals surface area contributed by atoms with Gasteiger partial charge in [-0.05, 0) is 31.4 Å². The van der Waals surface area contributed by atoms with Gasteiger partial charge in [0, 0.05) is 10.1 Å². The molecule has 0 amide bonds. The van der Waals surface area contributed by atoms with Crippen LogP contribution >= 0.6 is 11.8 Å². The molecule has 1 nitrogen and oxygen atoms in total. The number of hydrogen-bond acceptors (Lipinski definition) is 2. The average Bonchev–Trinajstić information content (AvgIpc) is 2.24. The summed E-state index contributed by atoms with van der Waals surface area (Å²) in [5.41, 5.74) is 1.19. The van der Waals surface area contributed by atoms with Crippen molar-refractivity contribution >= 4 is 11.8 Å². The first-order valence-corrected chi connectivity index (χ1v) is 6.20. The Balaban J connectivity index is 1.98. The van der Waals surface area contributed by atoms with Crippen molar-refractivity contribution in [3.8, 4) is 0 Å². The van der Waals surface area contributed by atoms with E-state index in [1.54, 1.807) is 11.8 Å². The molecule has 1 aromatic rings. The molecule has 80 valence electrons. The number of rotatable bonds is 2. The Labute approximate surface area is 95.2 Å². The number of hydrogen-bond donors (Lipinski definition) is 1. The number of benzene rings is 1. The minimum absolute atomic E-state index is 0.226. The van der Waals surface area contributed by atoms with Crippen LogP contribution in [0.25, 0.3) is 0 Å². The van der Waals surface area contributed by atoms with Crippen molar-refractivity contribution in [3.05, 3.63) is 42.5 Å². The molecule has 1 aliphatic rings. The fourth-order valence-electron chi connectivity index (χ4n) is 1.88. The van der Waals surface area contributed by atoms with Crippen molar-refractivity contribution in [1.82, 2.24) is 0 Å². The van der Waals surface area contributed by atoms with Crippen LogP contribution in [0.3, 0.4) is 0 Å². The zero-order valence-electron chi connectivity index (χ0n) is 8.73. The van der Waals surface area contributed by atoms with Gasteiger partial charge < -0.3 is 5.11 Å². The first-order valence-electron chi connectivity index (χ1n) is 5.32. The first kappa shape index (κ1) is 10.8. The molecule has 0 aromatic heterocycles. The molecule has 1 fully saturated rings. The molecule has 1 saturated carbocycles. The summed E-state index contributed by atoms with van der Waals surface area (Å²) < 4.78 is 0. The minimum Gasteiger partial charge on any atom is -0.392 e. The highest BCUT2D eigenvalue weighted by molar-refractivity contribution is 8.00. The van der Waals surface area contributed by atoms with Crippen LogP contribution in [0.5, 0.6) is 0 Å². The molecule has 0 bridgehead atoms. The van der Waals surface area contributed by atoms with E-state index in [-0.39, 0.29) is 6.10 Å². The summed E-state index contributed by atoms with van der Waals surface area (Å²) in [6.45, 7) is 3.94. The number of aliphatic hydroxyl groups excluding tert-OH is 1. The van der Waals surface area contributed by atoms with Gasteiger partial charge in [-0.15, -0.1) is 11.8 Å². The molecule has 2 heteroatoms. The maximum absolute atomic E-state index is 9.92. The second kappa shape index (κ2) is 4.86. The van der Waals surface area contributed by atoms with Crippen molar-refractivity contribution < 1.29 is 5.11 Å². The maximum atomic E-state index is 9.92. The van der Waals surface area contributed by atoms with Gasteiger partial charge in [0.1, 0.15) is 0 Å². The summed E-state index contributed by atoms with van der Waals surface area (Å²) >= 11 is 1.78. The van der Waals surface area contributed by atoms with E-state index >= 15 is 0 Å². The van der Waals surface area contributed by atoms with E-state index in [9.17, 15) is 5.11 Å². The Morgan fingerprint density at radius 3 is 2.67 bits per heavy atom. The summed E-state index contributed by atoms with van der Waals surface area (Å²) in [6.07, 6.45) is 2.64. The van der Waals surface area contributed by atoms with Crippen molar-refractivity contribution in [2.24, 2.45) is 0 Å². The molecular weight excluding hydrogens is 204 g/mol. The lowest BCUT2D eigenvalue weighted by Crippen LogP contribution is -2.27. The second-order valence-corrected chi connectivity index (χ2v) is 5.34. The fraction of sp³-hybridized carbons (Fsp3) is 0.385. The van der Waals surface area contributed by atoms with Crippen LogP contribution in [0, 0.1) is 0 Å². The molecule has 0 unspecified atom stereocenters. The molecule has 0 spiro atoms. The van der Waals surface area contributed by atoms with E-state index in [0.29, 0.717) is 5.25 Å². The lowest BCUT2D eigenvalue weighted by molar-refractivity contribution is 0.156. The van der Waals surface area contributed by atoms with Crippen molar-refractivity contribution in [1.29, 1.82) is 0 Å². The predicted octanol–water partition coefficient (Wildman–Crippen LogP) is 3.25. The van der Waals surface area contributed by atoms with Gasteiger partial charge in [-0.2, -0.15) is 0 Å². The summed E-state index contributed by atoms with van der Waals surface area (Å²) in [5, 5.41) is 10.3. The largest absolute Gasteiger partial charge is 0.392 e. The van der Waals surface area contributed by atoms with Crippen LogP contribution in [0.2, 0.25) is 0 Å². The Bertz CT molecular complexity index is 334. The molecule has 0 heterocycles. The van der Waals surface area contributed by atoms with Crippen LogP contribution in [0.15, 0.2) is 47.4 Å². The first-order chi connectivity index (χ1) is 7.25. The average molecular weight is 220 g/mol. The van der Waals surface area contributed by atoms with Crippen LogP contribution in [0.4, 0.5) is 0 Å². The smallest absolute Gasteiger partial charge is 0.0699 e. The molecule has 15 heavy (non-hydrogen) atoms. The second-order valence-electron chi connectivity index (χ2n) is 4.03. The molecule has 1 aliphatic carbocycles. The van der Waals surface area contributed by atoms with Gasteiger partial charge in [-0.3, -0.25) is 0 Å². The van der Waals surface area contributed by atoms with E-state index in [1.165, 1.54) is 10.5 Å². The van der Waals surface area contributed by atoms with Crippen molar-refractivity contribution in [2.45, 2.75) is 35.5 Å². The van der Waals surface area contributed by atoms with Crippen molar-refractivity contribution in [3.63, 3.8) is 0 Å².